The van der Waals surface area contributed by atoms with Gasteiger partial charge in [0, 0.05) is 43.1 Å². The van der Waals surface area contributed by atoms with E-state index >= 15 is 0 Å². The van der Waals surface area contributed by atoms with Crippen molar-refractivity contribution in [2.24, 2.45) is 0 Å². The molecule has 0 aliphatic carbocycles. The third kappa shape index (κ3) is 3.28. The molecule has 0 fully saturated rings. The molecule has 1 aliphatic rings. The molecule has 2 aromatic carbocycles. The summed E-state index contributed by atoms with van der Waals surface area (Å²) >= 11 is 0. The molecule has 4 nitrogen and oxygen atoms in total. The molecule has 138 valence electrons. The van der Waals surface area contributed by atoms with E-state index in [1.165, 1.54) is 5.69 Å². The molecule has 1 aliphatic heterocycles. The van der Waals surface area contributed by atoms with Gasteiger partial charge >= 0.3 is 5.97 Å². The van der Waals surface area contributed by atoms with Crippen LogP contribution in [0.1, 0.15) is 55.3 Å². The number of hydrogen-bond acceptors (Lipinski definition) is 4. The van der Waals surface area contributed by atoms with E-state index in [1.807, 2.05) is 12.1 Å². The average Bonchev–Trinajstić information content (AvgIpc) is 3.01. The predicted molar refractivity (Wildman–Crippen MR) is 107 cm³/mol. The van der Waals surface area contributed by atoms with Gasteiger partial charge in [0.2, 0.25) is 0 Å². The summed E-state index contributed by atoms with van der Waals surface area (Å²) in [6.07, 6.45) is -0.311. The molecule has 1 atom stereocenters. The smallest absolute Gasteiger partial charge is 0.339 e. The molecule has 0 radical (unpaired) electrons. The van der Waals surface area contributed by atoms with E-state index in [-0.39, 0.29) is 12.1 Å². The van der Waals surface area contributed by atoms with Gasteiger partial charge in [0.1, 0.15) is 0 Å². The summed E-state index contributed by atoms with van der Waals surface area (Å²) in [7, 11) is 0. The van der Waals surface area contributed by atoms with Crippen molar-refractivity contribution in [1.82, 2.24) is 0 Å². The number of rotatable bonds is 7. The van der Waals surface area contributed by atoms with E-state index in [9.17, 15) is 4.79 Å². The lowest BCUT2D eigenvalue weighted by Crippen LogP contribution is -2.22. The van der Waals surface area contributed by atoms with Crippen LogP contribution < -0.4 is 9.80 Å². The van der Waals surface area contributed by atoms with Crippen molar-refractivity contribution in [3.63, 3.8) is 0 Å². The maximum Gasteiger partial charge on any atom is 0.339 e. The van der Waals surface area contributed by atoms with Crippen LogP contribution in [0, 0.1) is 0 Å². The second kappa shape index (κ2) is 7.81. The molecule has 2 aromatic rings. The minimum atomic E-state index is -0.311. The molecular formula is C22H28N2O2. The summed E-state index contributed by atoms with van der Waals surface area (Å²) in [5.74, 6) is -0.230. The number of carbonyl (C=O) groups excluding carboxylic acids is 1. The van der Waals surface area contributed by atoms with Gasteiger partial charge in [-0.15, -0.1) is 0 Å². The van der Waals surface area contributed by atoms with Crippen LogP contribution in [0.5, 0.6) is 0 Å². The third-order valence-electron chi connectivity index (χ3n) is 5.22. The highest BCUT2D eigenvalue weighted by Gasteiger charge is 2.32. The predicted octanol–water partition coefficient (Wildman–Crippen LogP) is 4.64. The highest BCUT2D eigenvalue weighted by Crippen LogP contribution is 2.38. The van der Waals surface area contributed by atoms with Gasteiger partial charge in [0.25, 0.3) is 0 Å². The van der Waals surface area contributed by atoms with Crippen LogP contribution in [0.3, 0.4) is 0 Å². The fraction of sp³-hybridized carbons (Fsp3) is 0.409. The van der Waals surface area contributed by atoms with Crippen molar-refractivity contribution in [2.75, 3.05) is 36.0 Å². The lowest BCUT2D eigenvalue weighted by molar-refractivity contribution is 0.0456. The summed E-state index contributed by atoms with van der Waals surface area (Å²) < 4.78 is 5.70. The summed E-state index contributed by atoms with van der Waals surface area (Å²) in [6.45, 7) is 12.3. The zero-order chi connectivity index (χ0) is 18.7. The lowest BCUT2D eigenvalue weighted by Gasteiger charge is -2.22. The van der Waals surface area contributed by atoms with Gasteiger partial charge in [-0.3, -0.25) is 0 Å². The van der Waals surface area contributed by atoms with Gasteiger partial charge in [-0.05, 0) is 57.5 Å². The fourth-order valence-corrected chi connectivity index (χ4v) is 3.67. The van der Waals surface area contributed by atoms with Gasteiger partial charge < -0.3 is 14.5 Å². The van der Waals surface area contributed by atoms with Crippen molar-refractivity contribution in [3.8, 4) is 0 Å². The number of hydrogen-bond donors (Lipinski definition) is 0. The van der Waals surface area contributed by atoms with Gasteiger partial charge in [-0.1, -0.05) is 18.2 Å². The first kappa shape index (κ1) is 18.3. The summed E-state index contributed by atoms with van der Waals surface area (Å²) in [4.78, 5) is 17.0. The van der Waals surface area contributed by atoms with Crippen LogP contribution in [0.15, 0.2) is 42.5 Å². The Morgan fingerprint density at radius 1 is 0.808 bits per heavy atom. The summed E-state index contributed by atoms with van der Waals surface area (Å²) in [5.41, 5.74) is 4.93. The largest absolute Gasteiger partial charge is 0.449 e. The van der Waals surface area contributed by atoms with E-state index in [4.69, 9.17) is 4.74 Å². The monoisotopic (exact) mass is 352 g/mol. The molecule has 0 amide bonds. The SMILES string of the molecule is CCN(CC)c1ccc(C2OC(=O)c3cc(N(CC)CC)ccc32)cc1. The molecule has 4 heteroatoms. The first-order valence-corrected chi connectivity index (χ1v) is 9.57. The summed E-state index contributed by atoms with van der Waals surface area (Å²) in [5, 5.41) is 0. The number of carbonyl (C=O) groups is 1. The molecule has 1 unspecified atom stereocenters. The van der Waals surface area contributed by atoms with Gasteiger partial charge in [0.05, 0.1) is 5.56 Å². The molecule has 0 N–H and O–H groups in total. The van der Waals surface area contributed by atoms with Crippen LogP contribution in [0.2, 0.25) is 0 Å². The second-order valence-corrected chi connectivity index (χ2v) is 6.49. The molecule has 1 heterocycles. The highest BCUT2D eigenvalue weighted by atomic mass is 16.5. The minimum absolute atomic E-state index is 0.230. The van der Waals surface area contributed by atoms with E-state index in [1.54, 1.807) is 0 Å². The Labute approximate surface area is 156 Å². The van der Waals surface area contributed by atoms with Crippen LogP contribution >= 0.6 is 0 Å². The summed E-state index contributed by atoms with van der Waals surface area (Å²) in [6, 6.07) is 14.5. The van der Waals surface area contributed by atoms with E-state index in [0.29, 0.717) is 5.56 Å². The Hall–Kier alpha value is -2.49. The third-order valence-corrected chi connectivity index (χ3v) is 5.22. The fourth-order valence-electron chi connectivity index (χ4n) is 3.67. The van der Waals surface area contributed by atoms with Crippen molar-refractivity contribution in [1.29, 1.82) is 0 Å². The zero-order valence-electron chi connectivity index (χ0n) is 16.2. The van der Waals surface area contributed by atoms with E-state index < -0.39 is 0 Å². The van der Waals surface area contributed by atoms with E-state index in [0.717, 1.165) is 43.0 Å². The second-order valence-electron chi connectivity index (χ2n) is 6.49. The first-order valence-electron chi connectivity index (χ1n) is 9.57. The Balaban J connectivity index is 1.90. The molecule has 0 saturated heterocycles. The Bertz CT molecular complexity index is 762. The number of anilines is 2. The normalized spacial score (nSPS) is 15.5. The number of esters is 1. The number of benzene rings is 2. The van der Waals surface area contributed by atoms with Crippen LogP contribution in [-0.2, 0) is 4.74 Å². The van der Waals surface area contributed by atoms with E-state index in [2.05, 4.69) is 67.8 Å². The minimum Gasteiger partial charge on any atom is -0.449 e. The van der Waals surface area contributed by atoms with Crippen molar-refractivity contribution >= 4 is 17.3 Å². The number of nitrogens with zero attached hydrogens (tertiary/aromatic N) is 2. The van der Waals surface area contributed by atoms with Gasteiger partial charge in [-0.25, -0.2) is 4.79 Å². The topological polar surface area (TPSA) is 32.8 Å². The molecule has 0 spiro atoms. The Morgan fingerprint density at radius 2 is 1.35 bits per heavy atom. The van der Waals surface area contributed by atoms with Crippen LogP contribution in [-0.4, -0.2) is 32.1 Å². The number of ether oxygens (including phenoxy) is 1. The molecule has 0 saturated carbocycles. The molecule has 0 bridgehead atoms. The van der Waals surface area contributed by atoms with Crippen molar-refractivity contribution in [2.45, 2.75) is 33.8 Å². The standard InChI is InChI=1S/C22H28N2O2/c1-5-23(6-2)17-11-9-16(10-12-17)21-19-14-13-18(24(7-3)8-4)15-20(19)22(25)26-21/h9-15,21H,5-8H2,1-4H3. The zero-order valence-corrected chi connectivity index (χ0v) is 16.2. The van der Waals surface area contributed by atoms with Crippen molar-refractivity contribution in [3.05, 3.63) is 59.2 Å². The molecule has 26 heavy (non-hydrogen) atoms. The van der Waals surface area contributed by atoms with Crippen LogP contribution in [0.25, 0.3) is 0 Å². The molecule has 3 rings (SSSR count). The Morgan fingerprint density at radius 3 is 1.92 bits per heavy atom. The number of cyclic esters (lactones) is 1. The maximum absolute atomic E-state index is 12.4. The molecule has 0 aromatic heterocycles. The quantitative estimate of drug-likeness (QED) is 0.680. The number of fused-ring (bicyclic) bond motifs is 1. The Kier molecular flexibility index (Phi) is 5.50. The van der Waals surface area contributed by atoms with Crippen molar-refractivity contribution < 1.29 is 9.53 Å². The lowest BCUT2D eigenvalue weighted by atomic mass is 9.98. The average molecular weight is 352 g/mol. The maximum atomic E-state index is 12.4. The first-order chi connectivity index (χ1) is 12.6. The highest BCUT2D eigenvalue weighted by molar-refractivity contribution is 5.95. The van der Waals surface area contributed by atoms with Crippen LogP contribution in [0.4, 0.5) is 11.4 Å². The molecular weight excluding hydrogens is 324 g/mol. The van der Waals surface area contributed by atoms with Gasteiger partial charge in [-0.2, -0.15) is 0 Å². The van der Waals surface area contributed by atoms with Gasteiger partial charge in [0.15, 0.2) is 6.10 Å².